The van der Waals surface area contributed by atoms with Crippen LogP contribution in [0.5, 0.6) is 5.75 Å². The Kier molecular flexibility index (Phi) is 22.6. The highest BCUT2D eigenvalue weighted by Crippen LogP contribution is 2.38. The molecule has 0 aliphatic rings. The number of nitrogens with zero attached hydrogens (tertiary/aromatic N) is 5. The van der Waals surface area contributed by atoms with Crippen LogP contribution in [0.1, 0.15) is 56.4 Å². The van der Waals surface area contributed by atoms with Gasteiger partial charge in [0.2, 0.25) is 5.91 Å². The summed E-state index contributed by atoms with van der Waals surface area (Å²) in [4.78, 5) is 53.3. The maximum absolute atomic E-state index is 13.0. The van der Waals surface area contributed by atoms with E-state index in [4.69, 9.17) is 57.6 Å². The predicted molar refractivity (Wildman–Crippen MR) is 233 cm³/mol. The quantitative estimate of drug-likeness (QED) is 0.0297. The monoisotopic (exact) mass is 988 g/mol. The van der Waals surface area contributed by atoms with Gasteiger partial charge in [0.15, 0.2) is 0 Å². The Labute approximate surface area is 387 Å². The highest BCUT2D eigenvalue weighted by molar-refractivity contribution is 7.98. The van der Waals surface area contributed by atoms with Gasteiger partial charge in [-0.3, -0.25) is 4.79 Å². The van der Waals surface area contributed by atoms with Crippen molar-refractivity contribution in [1.29, 1.82) is 10.5 Å². The standard InChI is InChI=1S/C37H41ClN8O4S2.2C2HF3O2/c1-3-16-43-33-29(19-40)32(30(20-41)35(45-33)52-22-27-21-51-34(44-27)25-7-11-26(38)12-8-25)24-9-13-28(14-10-24)50-18-17-46(23(2)37(48)49)36(47)31(42)6-4-5-15-39;2*3-2(4,5)1(6)7/h7-14,21,23,31H,3-6,15-18,22,39,42H2,1-2H3,(H,43,45)(H,48,49);2*(H,6,7)/t23-,31-;;/m0../s1. The van der Waals surface area contributed by atoms with Crippen molar-refractivity contribution >= 4 is 64.3 Å². The van der Waals surface area contributed by atoms with E-state index >= 15 is 0 Å². The van der Waals surface area contributed by atoms with Gasteiger partial charge in [-0.1, -0.05) is 61.0 Å². The van der Waals surface area contributed by atoms with Crippen LogP contribution in [-0.4, -0.2) is 105 Å². The van der Waals surface area contributed by atoms with Gasteiger partial charge in [-0.05, 0) is 62.6 Å². The lowest BCUT2D eigenvalue weighted by atomic mass is 9.96. The van der Waals surface area contributed by atoms with Gasteiger partial charge in [0.25, 0.3) is 0 Å². The number of rotatable bonds is 19. The van der Waals surface area contributed by atoms with Gasteiger partial charge in [-0.25, -0.2) is 24.4 Å². The highest BCUT2D eigenvalue weighted by atomic mass is 35.5. The maximum atomic E-state index is 13.0. The van der Waals surface area contributed by atoms with Gasteiger partial charge in [0.05, 0.1) is 23.8 Å². The molecule has 2 atom stereocenters. The number of thioether (sulfide) groups is 1. The number of anilines is 1. The third-order valence-corrected chi connectivity index (χ3v) is 10.8. The number of amides is 1. The Morgan fingerprint density at radius 1 is 0.924 bits per heavy atom. The van der Waals surface area contributed by atoms with Crippen LogP contribution in [0.15, 0.2) is 58.9 Å². The SMILES string of the molecule is CCCNc1nc(SCc2csc(-c3ccc(Cl)cc3)n2)c(C#N)c(-c2ccc(OCCN(C(=O)[C@@H](N)CCCCN)[C@@H](C)C(=O)O)cc2)c1C#N.O=C(O)C(F)(F)F.O=C(O)C(F)(F)F. The molecule has 66 heavy (non-hydrogen) atoms. The van der Waals surface area contributed by atoms with Crippen LogP contribution in [-0.2, 0) is 24.9 Å². The second kappa shape index (κ2) is 26.7. The molecule has 0 spiro atoms. The fourth-order valence-corrected chi connectivity index (χ4v) is 7.17. The Balaban J connectivity index is 0.000000923. The smallest absolute Gasteiger partial charge is 0.490 e. The first-order valence-electron chi connectivity index (χ1n) is 19.3. The minimum Gasteiger partial charge on any atom is -0.492 e. The minimum atomic E-state index is -5.08. The number of aliphatic carboxylic acids is 3. The lowest BCUT2D eigenvalue weighted by molar-refractivity contribution is -0.193. The van der Waals surface area contributed by atoms with Gasteiger partial charge in [-0.15, -0.1) is 11.3 Å². The number of nitrogens with two attached hydrogens (primary N) is 2. The molecule has 0 aliphatic carbocycles. The molecule has 1 amide bonds. The number of carboxylic acid groups (broad SMARTS) is 3. The fourth-order valence-electron chi connectivity index (χ4n) is 5.23. The molecule has 25 heteroatoms. The predicted octanol–water partition coefficient (Wildman–Crippen LogP) is 7.79. The molecule has 356 valence electrons. The van der Waals surface area contributed by atoms with Crippen molar-refractivity contribution < 1.29 is 65.6 Å². The van der Waals surface area contributed by atoms with Crippen LogP contribution in [0.3, 0.4) is 0 Å². The molecular formula is C41H43ClF6N8O8S2. The maximum Gasteiger partial charge on any atom is 0.490 e. The third-order valence-electron chi connectivity index (χ3n) is 8.55. The largest absolute Gasteiger partial charge is 0.492 e. The lowest BCUT2D eigenvalue weighted by Gasteiger charge is -2.29. The summed E-state index contributed by atoms with van der Waals surface area (Å²) >= 11 is 8.93. The van der Waals surface area contributed by atoms with Crippen LogP contribution in [0.2, 0.25) is 5.02 Å². The highest BCUT2D eigenvalue weighted by Gasteiger charge is 2.39. The number of nitriles is 2. The number of carboxylic acids is 3. The molecule has 0 saturated carbocycles. The van der Waals surface area contributed by atoms with Crippen molar-refractivity contribution in [1.82, 2.24) is 14.9 Å². The van der Waals surface area contributed by atoms with E-state index in [-0.39, 0.29) is 24.3 Å². The molecule has 16 nitrogen and oxygen atoms in total. The summed E-state index contributed by atoms with van der Waals surface area (Å²) in [6, 6.07) is 17.0. The van der Waals surface area contributed by atoms with Crippen molar-refractivity contribution in [3.8, 4) is 39.6 Å². The number of benzene rings is 2. The van der Waals surface area contributed by atoms with E-state index in [0.29, 0.717) is 64.4 Å². The number of ether oxygens (including phenoxy) is 1. The third kappa shape index (κ3) is 17.7. The number of carbonyl (C=O) groups excluding carboxylic acids is 1. The summed E-state index contributed by atoms with van der Waals surface area (Å²) < 4.78 is 69.4. The number of carbonyl (C=O) groups is 4. The first-order valence-corrected chi connectivity index (χ1v) is 21.5. The van der Waals surface area contributed by atoms with Crippen LogP contribution in [0.4, 0.5) is 32.2 Å². The Bertz CT molecular complexity index is 2320. The molecular weight excluding hydrogens is 946 g/mol. The van der Waals surface area contributed by atoms with Gasteiger partial charge in [0, 0.05) is 33.8 Å². The summed E-state index contributed by atoms with van der Waals surface area (Å²) in [7, 11) is 0. The first-order chi connectivity index (χ1) is 31.0. The topological polar surface area (TPSA) is 279 Å². The number of unbranched alkanes of at least 4 members (excludes halogenated alkanes) is 1. The minimum absolute atomic E-state index is 0.00732. The summed E-state index contributed by atoms with van der Waals surface area (Å²) in [5.41, 5.74) is 15.0. The van der Waals surface area contributed by atoms with E-state index in [2.05, 4.69) is 17.5 Å². The summed E-state index contributed by atoms with van der Waals surface area (Å²) in [5.74, 6) is -5.83. The van der Waals surface area contributed by atoms with E-state index in [0.717, 1.165) is 29.1 Å². The van der Waals surface area contributed by atoms with Gasteiger partial charge >= 0.3 is 30.3 Å². The van der Waals surface area contributed by atoms with Crippen LogP contribution < -0.4 is 21.5 Å². The number of pyridine rings is 1. The number of nitrogens with one attached hydrogen (secondary N) is 1. The van der Waals surface area contributed by atoms with E-state index in [1.54, 1.807) is 24.3 Å². The average molecular weight is 989 g/mol. The number of halogens is 7. The summed E-state index contributed by atoms with van der Waals surface area (Å²) in [6.07, 6.45) is -7.58. The number of hydrogen-bond donors (Lipinski definition) is 6. The van der Waals surface area contributed by atoms with Crippen molar-refractivity contribution in [3.05, 3.63) is 75.8 Å². The molecule has 0 radical (unpaired) electrons. The summed E-state index contributed by atoms with van der Waals surface area (Å²) in [6.45, 7) is 4.53. The molecule has 4 aromatic rings. The molecule has 0 fully saturated rings. The van der Waals surface area contributed by atoms with Crippen LogP contribution >= 0.6 is 34.7 Å². The van der Waals surface area contributed by atoms with E-state index in [1.807, 2.05) is 36.6 Å². The zero-order valence-electron chi connectivity index (χ0n) is 35.0. The number of hydrogen-bond acceptors (Lipinski definition) is 14. The van der Waals surface area contributed by atoms with Crippen LogP contribution in [0, 0.1) is 22.7 Å². The summed E-state index contributed by atoms with van der Waals surface area (Å²) in [5, 5.41) is 51.7. The van der Waals surface area contributed by atoms with E-state index in [1.165, 1.54) is 34.9 Å². The average Bonchev–Trinajstić information content (AvgIpc) is 3.75. The van der Waals surface area contributed by atoms with Crippen molar-refractivity contribution in [3.63, 3.8) is 0 Å². The van der Waals surface area contributed by atoms with E-state index < -0.39 is 48.3 Å². The second-order valence-corrected chi connectivity index (χ2v) is 15.7. The Morgan fingerprint density at radius 2 is 1.48 bits per heavy atom. The van der Waals surface area contributed by atoms with Crippen molar-refractivity contribution in [2.45, 2.75) is 74.7 Å². The molecule has 8 N–H and O–H groups in total. The zero-order valence-corrected chi connectivity index (χ0v) is 37.3. The molecule has 4 rings (SSSR count). The molecule has 0 aliphatic heterocycles. The van der Waals surface area contributed by atoms with E-state index in [9.17, 15) is 51.6 Å². The Morgan fingerprint density at radius 3 is 1.98 bits per heavy atom. The van der Waals surface area contributed by atoms with Crippen LogP contribution in [0.25, 0.3) is 21.7 Å². The molecule has 0 unspecified atom stereocenters. The number of aromatic nitrogens is 2. The van der Waals surface area contributed by atoms with Gasteiger partial charge in [-0.2, -0.15) is 36.9 Å². The fraction of sp³-hybridized carbons (Fsp3) is 0.366. The molecule has 2 aromatic carbocycles. The first kappa shape index (κ1) is 56.0. The van der Waals surface area contributed by atoms with Gasteiger partial charge in [0.1, 0.15) is 52.0 Å². The molecule has 2 aromatic heterocycles. The number of thiazole rings is 1. The van der Waals surface area contributed by atoms with Crippen molar-refractivity contribution in [2.75, 3.05) is 31.6 Å². The molecule has 2 heterocycles. The van der Waals surface area contributed by atoms with Crippen molar-refractivity contribution in [2.24, 2.45) is 11.5 Å². The molecule has 0 bridgehead atoms. The second-order valence-electron chi connectivity index (χ2n) is 13.4. The lowest BCUT2D eigenvalue weighted by Crippen LogP contribution is -2.51. The van der Waals surface area contributed by atoms with Gasteiger partial charge < -0.3 is 41.7 Å². The number of alkyl halides is 6. The zero-order chi connectivity index (χ0) is 49.8. The Hall–Kier alpha value is -6.18. The molecule has 0 saturated heterocycles. The normalized spacial score (nSPS) is 11.8.